The predicted molar refractivity (Wildman–Crippen MR) is 92.3 cm³/mol. The molecule has 0 spiro atoms. The van der Waals surface area contributed by atoms with Crippen LogP contribution in [-0.2, 0) is 6.42 Å². The molecule has 4 heteroatoms. The largest absolute Gasteiger partial charge is 0.489 e. The van der Waals surface area contributed by atoms with Crippen molar-refractivity contribution in [3.63, 3.8) is 0 Å². The first-order valence-corrected chi connectivity index (χ1v) is 8.13. The molecule has 0 N–H and O–H groups in total. The third-order valence-electron chi connectivity index (χ3n) is 3.92. The van der Waals surface area contributed by atoms with Crippen LogP contribution in [0, 0.1) is 0 Å². The Kier molecular flexibility index (Phi) is 4.47. The number of fused-ring (bicyclic) bond motifs is 1. The molecule has 0 atom stereocenters. The summed E-state index contributed by atoms with van der Waals surface area (Å²) in [5.41, 5.74) is 1.56. The van der Waals surface area contributed by atoms with E-state index in [0.29, 0.717) is 24.5 Å². The lowest BCUT2D eigenvalue weighted by Gasteiger charge is -2.18. The summed E-state index contributed by atoms with van der Waals surface area (Å²) in [4.78, 5) is 11.6. The molecule has 0 amide bonds. The summed E-state index contributed by atoms with van der Waals surface area (Å²) in [5.74, 6) is 2.14. The van der Waals surface area contributed by atoms with Gasteiger partial charge in [0.05, 0.1) is 5.56 Å². The van der Waals surface area contributed by atoms with Crippen LogP contribution in [0.5, 0.6) is 17.2 Å². The minimum absolute atomic E-state index is 0.0111. The molecule has 0 radical (unpaired) electrons. The van der Waals surface area contributed by atoms with Gasteiger partial charge in [-0.05, 0) is 39.0 Å². The smallest absolute Gasteiger partial charge is 0.165 e. The topological polar surface area (TPSA) is 44.8 Å². The number of carbonyl (C=O) groups is 1. The summed E-state index contributed by atoms with van der Waals surface area (Å²) < 4.78 is 17.5. The summed E-state index contributed by atoms with van der Waals surface area (Å²) in [7, 11) is 0. The average molecular weight is 326 g/mol. The van der Waals surface area contributed by atoms with Gasteiger partial charge in [0.2, 0.25) is 0 Å². The Morgan fingerprint density at radius 3 is 2.46 bits per heavy atom. The molecule has 2 aromatic carbocycles. The normalized spacial score (nSPS) is 14.6. The third-order valence-corrected chi connectivity index (χ3v) is 3.92. The quantitative estimate of drug-likeness (QED) is 0.593. The predicted octanol–water partition coefficient (Wildman–Crippen LogP) is 4.06. The SMILES string of the molecule is CC(=O)c1ccccc1OCCOc1cccc2c1OC(C)(C)C2. The van der Waals surface area contributed by atoms with Crippen LogP contribution < -0.4 is 14.2 Å². The van der Waals surface area contributed by atoms with Crippen LogP contribution >= 0.6 is 0 Å². The van der Waals surface area contributed by atoms with Gasteiger partial charge in [0, 0.05) is 12.0 Å². The van der Waals surface area contributed by atoms with E-state index < -0.39 is 0 Å². The molecule has 0 saturated heterocycles. The number of carbonyl (C=O) groups excluding carboxylic acids is 1. The van der Waals surface area contributed by atoms with Crippen LogP contribution in [-0.4, -0.2) is 24.6 Å². The van der Waals surface area contributed by atoms with Gasteiger partial charge < -0.3 is 14.2 Å². The van der Waals surface area contributed by atoms with Crippen molar-refractivity contribution in [3.8, 4) is 17.2 Å². The van der Waals surface area contributed by atoms with Gasteiger partial charge in [-0.3, -0.25) is 4.79 Å². The highest BCUT2D eigenvalue weighted by molar-refractivity contribution is 5.96. The van der Waals surface area contributed by atoms with E-state index in [-0.39, 0.29) is 11.4 Å². The van der Waals surface area contributed by atoms with Crippen molar-refractivity contribution in [2.75, 3.05) is 13.2 Å². The summed E-state index contributed by atoms with van der Waals surface area (Å²) in [5, 5.41) is 0. The molecule has 4 nitrogen and oxygen atoms in total. The maximum absolute atomic E-state index is 11.6. The van der Waals surface area contributed by atoms with Crippen molar-refractivity contribution < 1.29 is 19.0 Å². The first kappa shape index (κ1) is 16.4. The van der Waals surface area contributed by atoms with E-state index in [9.17, 15) is 4.79 Å². The zero-order chi connectivity index (χ0) is 17.2. The molecular formula is C20H22O4. The van der Waals surface area contributed by atoms with E-state index in [1.54, 1.807) is 12.1 Å². The molecule has 0 unspecified atom stereocenters. The molecule has 0 saturated carbocycles. The molecule has 24 heavy (non-hydrogen) atoms. The molecule has 0 aliphatic carbocycles. The molecule has 2 aromatic rings. The molecule has 0 fully saturated rings. The number of rotatable bonds is 6. The zero-order valence-electron chi connectivity index (χ0n) is 14.3. The number of Topliss-reactive ketones (excluding diaryl/α,β-unsaturated/α-hetero) is 1. The van der Waals surface area contributed by atoms with Gasteiger partial charge in [0.1, 0.15) is 24.6 Å². The molecule has 1 aliphatic heterocycles. The molecule has 0 bridgehead atoms. The fraction of sp³-hybridized carbons (Fsp3) is 0.350. The van der Waals surface area contributed by atoms with Gasteiger partial charge in [-0.1, -0.05) is 24.3 Å². The molecule has 1 aliphatic rings. The second-order valence-electron chi connectivity index (χ2n) is 6.53. The summed E-state index contributed by atoms with van der Waals surface area (Å²) in [6, 6.07) is 13.2. The Hall–Kier alpha value is -2.49. The van der Waals surface area contributed by atoms with E-state index >= 15 is 0 Å². The van der Waals surface area contributed by atoms with Crippen LogP contribution in [0.4, 0.5) is 0 Å². The summed E-state index contributed by atoms with van der Waals surface area (Å²) in [6.07, 6.45) is 0.877. The number of hydrogen-bond donors (Lipinski definition) is 0. The highest BCUT2D eigenvalue weighted by atomic mass is 16.6. The second-order valence-corrected chi connectivity index (χ2v) is 6.53. The Labute approximate surface area is 142 Å². The Morgan fingerprint density at radius 1 is 1.04 bits per heavy atom. The average Bonchev–Trinajstić information content (AvgIpc) is 2.86. The number of ether oxygens (including phenoxy) is 3. The van der Waals surface area contributed by atoms with Gasteiger partial charge in [-0.2, -0.15) is 0 Å². The lowest BCUT2D eigenvalue weighted by atomic mass is 10.0. The van der Waals surface area contributed by atoms with E-state index in [0.717, 1.165) is 17.9 Å². The highest BCUT2D eigenvalue weighted by Gasteiger charge is 2.32. The maximum Gasteiger partial charge on any atom is 0.165 e. The molecule has 0 aromatic heterocycles. The fourth-order valence-electron chi connectivity index (χ4n) is 2.89. The van der Waals surface area contributed by atoms with E-state index in [1.807, 2.05) is 24.3 Å². The Bertz CT molecular complexity index is 749. The standard InChI is InChI=1S/C20H22O4/c1-14(21)16-8-4-5-9-17(16)22-11-12-23-18-10-6-7-15-13-20(2,3)24-19(15)18/h4-10H,11-13H2,1-3H3. The number of benzene rings is 2. The van der Waals surface area contributed by atoms with Crippen LogP contribution in [0.2, 0.25) is 0 Å². The van der Waals surface area contributed by atoms with Gasteiger partial charge in [-0.15, -0.1) is 0 Å². The van der Waals surface area contributed by atoms with Crippen LogP contribution in [0.3, 0.4) is 0 Å². The van der Waals surface area contributed by atoms with Crippen molar-refractivity contribution >= 4 is 5.78 Å². The van der Waals surface area contributed by atoms with Crippen LogP contribution in [0.1, 0.15) is 36.7 Å². The maximum atomic E-state index is 11.6. The minimum Gasteiger partial charge on any atom is -0.489 e. The number of hydrogen-bond acceptors (Lipinski definition) is 4. The molecule has 1 heterocycles. The van der Waals surface area contributed by atoms with Crippen molar-refractivity contribution in [1.82, 2.24) is 0 Å². The third kappa shape index (κ3) is 3.53. The van der Waals surface area contributed by atoms with E-state index in [4.69, 9.17) is 14.2 Å². The van der Waals surface area contributed by atoms with Gasteiger partial charge in [0.15, 0.2) is 17.3 Å². The lowest BCUT2D eigenvalue weighted by molar-refractivity contribution is 0.101. The molecule has 3 rings (SSSR count). The molecule has 126 valence electrons. The van der Waals surface area contributed by atoms with Gasteiger partial charge >= 0.3 is 0 Å². The van der Waals surface area contributed by atoms with Crippen molar-refractivity contribution in [2.24, 2.45) is 0 Å². The first-order valence-electron chi connectivity index (χ1n) is 8.13. The monoisotopic (exact) mass is 326 g/mol. The Morgan fingerprint density at radius 2 is 1.71 bits per heavy atom. The van der Waals surface area contributed by atoms with Crippen LogP contribution in [0.15, 0.2) is 42.5 Å². The van der Waals surface area contributed by atoms with Crippen molar-refractivity contribution in [2.45, 2.75) is 32.8 Å². The second kappa shape index (κ2) is 6.56. The Balaban J connectivity index is 1.59. The van der Waals surface area contributed by atoms with E-state index in [1.165, 1.54) is 12.5 Å². The van der Waals surface area contributed by atoms with Gasteiger partial charge in [0.25, 0.3) is 0 Å². The lowest BCUT2D eigenvalue weighted by Crippen LogP contribution is -2.24. The molecular weight excluding hydrogens is 304 g/mol. The van der Waals surface area contributed by atoms with Gasteiger partial charge in [-0.25, -0.2) is 0 Å². The minimum atomic E-state index is -0.196. The fourth-order valence-corrected chi connectivity index (χ4v) is 2.89. The first-order chi connectivity index (χ1) is 11.5. The highest BCUT2D eigenvalue weighted by Crippen LogP contribution is 2.41. The zero-order valence-corrected chi connectivity index (χ0v) is 14.3. The number of para-hydroxylation sites is 2. The van der Waals surface area contributed by atoms with Crippen LogP contribution in [0.25, 0.3) is 0 Å². The van der Waals surface area contributed by atoms with E-state index in [2.05, 4.69) is 19.9 Å². The summed E-state index contributed by atoms with van der Waals surface area (Å²) >= 11 is 0. The summed E-state index contributed by atoms with van der Waals surface area (Å²) in [6.45, 7) is 6.41. The number of ketones is 1. The van der Waals surface area contributed by atoms with Crippen molar-refractivity contribution in [1.29, 1.82) is 0 Å². The van der Waals surface area contributed by atoms with Crippen molar-refractivity contribution in [3.05, 3.63) is 53.6 Å².